The van der Waals surface area contributed by atoms with Gasteiger partial charge in [-0.2, -0.15) is 0 Å². The monoisotopic (exact) mass is 338 g/mol. The van der Waals surface area contributed by atoms with E-state index in [1.165, 1.54) is 12.1 Å². The van der Waals surface area contributed by atoms with Gasteiger partial charge in [0.1, 0.15) is 0 Å². The van der Waals surface area contributed by atoms with Crippen LogP contribution in [0.4, 0.5) is 10.1 Å². The minimum atomic E-state index is -1.17. The van der Waals surface area contributed by atoms with Crippen LogP contribution in [-0.4, -0.2) is 22.6 Å². The number of hydrogen-bond donors (Lipinski definition) is 2. The number of benzene rings is 1. The van der Waals surface area contributed by atoms with Crippen LogP contribution < -0.4 is 5.32 Å². The van der Waals surface area contributed by atoms with Gasteiger partial charge in [-0.25, -0.2) is 9.18 Å². The number of nitrogens with zero attached hydrogens (tertiary/aromatic N) is 1. The van der Waals surface area contributed by atoms with Crippen LogP contribution in [0.25, 0.3) is 0 Å². The van der Waals surface area contributed by atoms with Crippen molar-refractivity contribution in [2.75, 3.05) is 11.9 Å². The fraction of sp³-hybridized carbons (Fsp3) is 0.143. The molecular formula is C14H12BrFN2O2. The number of anilines is 1. The van der Waals surface area contributed by atoms with Gasteiger partial charge in [-0.3, -0.25) is 4.98 Å². The Morgan fingerprint density at radius 3 is 2.65 bits per heavy atom. The average molecular weight is 339 g/mol. The maximum absolute atomic E-state index is 14.0. The first-order valence-electron chi connectivity index (χ1n) is 5.93. The van der Waals surface area contributed by atoms with Gasteiger partial charge in [0, 0.05) is 18.9 Å². The summed E-state index contributed by atoms with van der Waals surface area (Å²) in [6.45, 7) is 0.541. The Bertz CT molecular complexity index is 620. The molecule has 1 aromatic heterocycles. The Labute approximate surface area is 123 Å². The van der Waals surface area contributed by atoms with Crippen molar-refractivity contribution in [2.24, 2.45) is 0 Å². The van der Waals surface area contributed by atoms with Crippen LogP contribution in [0.3, 0.4) is 0 Å². The van der Waals surface area contributed by atoms with Crippen LogP contribution in [0, 0.1) is 5.82 Å². The number of aromatic carboxylic acids is 1. The molecule has 0 bridgehead atoms. The zero-order chi connectivity index (χ0) is 14.5. The first-order valence-corrected chi connectivity index (χ1v) is 6.73. The van der Waals surface area contributed by atoms with E-state index in [4.69, 9.17) is 5.11 Å². The molecule has 0 aliphatic rings. The molecule has 0 aliphatic heterocycles. The maximum Gasteiger partial charge on any atom is 0.336 e. The number of carboxylic acid groups (broad SMARTS) is 1. The topological polar surface area (TPSA) is 62.2 Å². The highest BCUT2D eigenvalue weighted by molar-refractivity contribution is 9.10. The lowest BCUT2D eigenvalue weighted by Crippen LogP contribution is -2.08. The molecule has 2 N–H and O–H groups in total. The van der Waals surface area contributed by atoms with E-state index < -0.39 is 11.8 Å². The van der Waals surface area contributed by atoms with Crippen molar-refractivity contribution in [3.63, 3.8) is 0 Å². The number of carbonyl (C=O) groups is 1. The normalized spacial score (nSPS) is 10.3. The summed E-state index contributed by atoms with van der Waals surface area (Å²) >= 11 is 2.96. The third-order valence-electron chi connectivity index (χ3n) is 2.79. The fourth-order valence-corrected chi connectivity index (χ4v) is 2.26. The van der Waals surface area contributed by atoms with E-state index in [-0.39, 0.29) is 15.7 Å². The van der Waals surface area contributed by atoms with Gasteiger partial charge < -0.3 is 10.4 Å². The Morgan fingerprint density at radius 2 is 2.00 bits per heavy atom. The number of carboxylic acids is 1. The average Bonchev–Trinajstić information content (AvgIpc) is 2.44. The predicted molar refractivity (Wildman–Crippen MR) is 77.5 cm³/mol. The molecule has 0 spiro atoms. The summed E-state index contributed by atoms with van der Waals surface area (Å²) < 4.78 is 13.9. The summed E-state index contributed by atoms with van der Waals surface area (Å²) in [4.78, 5) is 14.8. The van der Waals surface area contributed by atoms with Crippen molar-refractivity contribution in [3.05, 3.63) is 58.1 Å². The molecule has 0 saturated heterocycles. The Hall–Kier alpha value is -1.95. The third kappa shape index (κ3) is 3.33. The van der Waals surface area contributed by atoms with Crippen LogP contribution >= 0.6 is 15.9 Å². The summed E-state index contributed by atoms with van der Waals surface area (Å²) in [6, 6.07) is 6.57. The van der Waals surface area contributed by atoms with Crippen molar-refractivity contribution in [1.82, 2.24) is 4.98 Å². The molecule has 1 heterocycles. The highest BCUT2D eigenvalue weighted by Crippen LogP contribution is 2.27. The molecular weight excluding hydrogens is 327 g/mol. The van der Waals surface area contributed by atoms with Crippen molar-refractivity contribution < 1.29 is 14.3 Å². The molecule has 6 heteroatoms. The molecule has 104 valence electrons. The minimum absolute atomic E-state index is 0.0427. The summed E-state index contributed by atoms with van der Waals surface area (Å²) in [5, 5.41) is 11.8. The first-order chi connectivity index (χ1) is 9.59. The standard InChI is InChI=1S/C14H12BrFN2O2/c15-12-10(14(19)20)1-2-11(13(12)16)18-8-5-9-3-6-17-7-4-9/h1-4,6-7,18H,5,8H2,(H,19,20). The van der Waals surface area contributed by atoms with Crippen molar-refractivity contribution >= 4 is 27.6 Å². The molecule has 20 heavy (non-hydrogen) atoms. The molecule has 0 unspecified atom stereocenters. The molecule has 0 atom stereocenters. The predicted octanol–water partition coefficient (Wildman–Crippen LogP) is 3.34. The number of hydrogen-bond acceptors (Lipinski definition) is 3. The second-order valence-electron chi connectivity index (χ2n) is 4.13. The van der Waals surface area contributed by atoms with Crippen molar-refractivity contribution in [2.45, 2.75) is 6.42 Å². The smallest absolute Gasteiger partial charge is 0.336 e. The van der Waals surface area contributed by atoms with E-state index >= 15 is 0 Å². The Morgan fingerprint density at radius 1 is 1.30 bits per heavy atom. The Balaban J connectivity index is 2.04. The van der Waals surface area contributed by atoms with E-state index in [2.05, 4.69) is 26.2 Å². The van der Waals surface area contributed by atoms with Crippen LogP contribution in [0.2, 0.25) is 0 Å². The quantitative estimate of drug-likeness (QED) is 0.877. The molecule has 0 saturated carbocycles. The van der Waals surface area contributed by atoms with Gasteiger partial charge in [0.2, 0.25) is 0 Å². The number of pyridine rings is 1. The van der Waals surface area contributed by atoms with Crippen LogP contribution in [0.1, 0.15) is 15.9 Å². The van der Waals surface area contributed by atoms with Crippen LogP contribution in [0.5, 0.6) is 0 Å². The molecule has 0 fully saturated rings. The van der Waals surface area contributed by atoms with Crippen LogP contribution in [-0.2, 0) is 6.42 Å². The van der Waals surface area contributed by atoms with E-state index in [0.29, 0.717) is 6.54 Å². The molecule has 0 amide bonds. The fourth-order valence-electron chi connectivity index (χ4n) is 1.74. The summed E-state index contributed by atoms with van der Waals surface area (Å²) in [5.74, 6) is -1.77. The maximum atomic E-state index is 14.0. The van der Waals surface area contributed by atoms with E-state index in [0.717, 1.165) is 12.0 Å². The zero-order valence-electron chi connectivity index (χ0n) is 10.4. The SMILES string of the molecule is O=C(O)c1ccc(NCCc2ccncc2)c(F)c1Br. The molecule has 0 radical (unpaired) electrons. The van der Waals surface area contributed by atoms with Gasteiger partial charge in [0.05, 0.1) is 15.7 Å². The second kappa shape index (κ2) is 6.47. The summed E-state index contributed by atoms with van der Waals surface area (Å²) in [7, 11) is 0. The molecule has 0 aliphatic carbocycles. The molecule has 4 nitrogen and oxygen atoms in total. The minimum Gasteiger partial charge on any atom is -0.478 e. The zero-order valence-corrected chi connectivity index (χ0v) is 12.0. The van der Waals surface area contributed by atoms with Gasteiger partial charge in [-0.1, -0.05) is 0 Å². The Kier molecular flexibility index (Phi) is 4.68. The lowest BCUT2D eigenvalue weighted by atomic mass is 10.1. The van der Waals surface area contributed by atoms with Crippen LogP contribution in [0.15, 0.2) is 41.1 Å². The van der Waals surface area contributed by atoms with E-state index in [1.807, 2.05) is 12.1 Å². The molecule has 2 aromatic rings. The van der Waals surface area contributed by atoms with Gasteiger partial charge in [-0.15, -0.1) is 0 Å². The second-order valence-corrected chi connectivity index (χ2v) is 4.92. The van der Waals surface area contributed by atoms with Gasteiger partial charge >= 0.3 is 5.97 Å². The molecule has 1 aromatic carbocycles. The largest absolute Gasteiger partial charge is 0.478 e. The van der Waals surface area contributed by atoms with Crippen molar-refractivity contribution in [1.29, 1.82) is 0 Å². The van der Waals surface area contributed by atoms with Crippen molar-refractivity contribution in [3.8, 4) is 0 Å². The highest BCUT2D eigenvalue weighted by atomic mass is 79.9. The number of aromatic nitrogens is 1. The lowest BCUT2D eigenvalue weighted by molar-refractivity contribution is 0.0695. The lowest BCUT2D eigenvalue weighted by Gasteiger charge is -2.10. The first kappa shape index (κ1) is 14.5. The number of nitrogens with one attached hydrogen (secondary N) is 1. The van der Waals surface area contributed by atoms with E-state index in [1.54, 1.807) is 12.4 Å². The third-order valence-corrected chi connectivity index (χ3v) is 3.57. The van der Waals surface area contributed by atoms with Gasteiger partial charge in [0.15, 0.2) is 5.82 Å². The number of rotatable bonds is 5. The van der Waals surface area contributed by atoms with Gasteiger partial charge in [0.25, 0.3) is 0 Å². The summed E-state index contributed by atoms with van der Waals surface area (Å²) in [6.07, 6.45) is 4.13. The molecule has 2 rings (SSSR count). The highest BCUT2D eigenvalue weighted by Gasteiger charge is 2.15. The number of halogens is 2. The van der Waals surface area contributed by atoms with Gasteiger partial charge in [-0.05, 0) is 52.2 Å². The summed E-state index contributed by atoms with van der Waals surface area (Å²) in [5.41, 5.74) is 1.27. The van der Waals surface area contributed by atoms with E-state index in [9.17, 15) is 9.18 Å².